The second-order valence-electron chi connectivity index (χ2n) is 5.68. The van der Waals surface area contributed by atoms with E-state index >= 15 is 0 Å². The summed E-state index contributed by atoms with van der Waals surface area (Å²) in [4.78, 5) is 14.4. The molecule has 0 unspecified atom stereocenters. The third-order valence-electron chi connectivity index (χ3n) is 3.76. The summed E-state index contributed by atoms with van der Waals surface area (Å²) in [7, 11) is -3.32. The maximum absolute atomic E-state index is 12.5. The summed E-state index contributed by atoms with van der Waals surface area (Å²) in [5.41, 5.74) is 2.36. The minimum absolute atomic E-state index is 0.189. The zero-order valence-corrected chi connectivity index (χ0v) is 14.9. The average molecular weight is 346 g/mol. The van der Waals surface area contributed by atoms with Gasteiger partial charge in [-0.05, 0) is 37.1 Å². The number of carbonyl (C=O) groups excluding carboxylic acids is 1. The van der Waals surface area contributed by atoms with Gasteiger partial charge in [0.1, 0.15) is 0 Å². The number of hydrogen-bond donors (Lipinski definition) is 1. The van der Waals surface area contributed by atoms with Gasteiger partial charge in [-0.1, -0.05) is 36.4 Å². The third-order valence-corrected chi connectivity index (χ3v) is 4.87. The fourth-order valence-corrected chi connectivity index (χ4v) is 2.94. The molecule has 0 aliphatic carbocycles. The Labute approximate surface area is 143 Å². The van der Waals surface area contributed by atoms with E-state index in [1.54, 1.807) is 17.0 Å². The van der Waals surface area contributed by atoms with Crippen LogP contribution in [-0.4, -0.2) is 32.1 Å². The molecule has 0 radical (unpaired) electrons. The molecule has 0 bridgehead atoms. The lowest BCUT2D eigenvalue weighted by Gasteiger charge is -2.22. The largest absolute Gasteiger partial charge is 0.322 e. The molecule has 0 fully saturated rings. The lowest BCUT2D eigenvalue weighted by atomic mass is 10.2. The molecule has 0 aliphatic rings. The Morgan fingerprint density at radius 1 is 1.12 bits per heavy atom. The molecule has 0 saturated heterocycles. The van der Waals surface area contributed by atoms with Gasteiger partial charge in [0.05, 0.1) is 4.90 Å². The molecule has 0 aliphatic heterocycles. The highest BCUT2D eigenvalue weighted by atomic mass is 32.2. The van der Waals surface area contributed by atoms with E-state index in [2.05, 4.69) is 5.32 Å². The lowest BCUT2D eigenvalue weighted by molar-refractivity contribution is 0.212. The van der Waals surface area contributed by atoms with Crippen LogP contribution in [0.2, 0.25) is 0 Å². The number of nitrogens with one attached hydrogen (secondary N) is 1. The van der Waals surface area contributed by atoms with Gasteiger partial charge in [0.15, 0.2) is 9.84 Å². The van der Waals surface area contributed by atoms with Crippen LogP contribution in [0.4, 0.5) is 10.5 Å². The molecular weight excluding hydrogens is 324 g/mol. The molecule has 5 nitrogen and oxygen atoms in total. The molecule has 0 heterocycles. The number of urea groups is 1. The minimum atomic E-state index is -3.32. The van der Waals surface area contributed by atoms with E-state index < -0.39 is 9.84 Å². The molecule has 128 valence electrons. The Morgan fingerprint density at radius 2 is 1.79 bits per heavy atom. The van der Waals surface area contributed by atoms with E-state index in [9.17, 15) is 13.2 Å². The van der Waals surface area contributed by atoms with Crippen LogP contribution in [0.25, 0.3) is 0 Å². The second-order valence-corrected chi connectivity index (χ2v) is 7.69. The molecule has 2 rings (SSSR count). The summed E-state index contributed by atoms with van der Waals surface area (Å²) >= 11 is 0. The van der Waals surface area contributed by atoms with Gasteiger partial charge >= 0.3 is 6.03 Å². The highest BCUT2D eigenvalue weighted by molar-refractivity contribution is 7.90. The van der Waals surface area contributed by atoms with E-state index in [-0.39, 0.29) is 10.9 Å². The normalized spacial score (nSPS) is 11.1. The van der Waals surface area contributed by atoms with E-state index in [4.69, 9.17) is 0 Å². The molecule has 0 spiro atoms. The van der Waals surface area contributed by atoms with Crippen molar-refractivity contribution in [2.75, 3.05) is 18.1 Å². The molecule has 0 aromatic heterocycles. The van der Waals surface area contributed by atoms with Crippen LogP contribution in [-0.2, 0) is 16.4 Å². The van der Waals surface area contributed by atoms with Gasteiger partial charge in [-0.15, -0.1) is 0 Å². The summed E-state index contributed by atoms with van der Waals surface area (Å²) in [5, 5.41) is 2.82. The number of benzene rings is 2. The molecular formula is C18H22N2O3S. The minimum Gasteiger partial charge on any atom is -0.320 e. The summed E-state index contributed by atoms with van der Waals surface area (Å²) in [6, 6.07) is 14.2. The van der Waals surface area contributed by atoms with Gasteiger partial charge in [-0.3, -0.25) is 0 Å². The predicted molar refractivity (Wildman–Crippen MR) is 95.8 cm³/mol. The van der Waals surface area contributed by atoms with Crippen molar-refractivity contribution >= 4 is 21.6 Å². The third kappa shape index (κ3) is 4.58. The average Bonchev–Trinajstić information content (AvgIpc) is 2.54. The van der Waals surface area contributed by atoms with Gasteiger partial charge in [0, 0.05) is 25.0 Å². The molecule has 24 heavy (non-hydrogen) atoms. The lowest BCUT2D eigenvalue weighted by Crippen LogP contribution is -2.34. The number of sulfone groups is 1. The van der Waals surface area contributed by atoms with Crippen molar-refractivity contribution in [3.05, 3.63) is 59.7 Å². The number of nitrogens with zero attached hydrogens (tertiary/aromatic N) is 1. The first kappa shape index (κ1) is 18.0. The first-order valence-corrected chi connectivity index (χ1v) is 9.61. The molecule has 0 atom stereocenters. The van der Waals surface area contributed by atoms with Gasteiger partial charge in [0.2, 0.25) is 0 Å². The molecule has 2 aromatic carbocycles. The predicted octanol–water partition coefficient (Wildman–Crippen LogP) is 3.45. The number of aryl methyl sites for hydroxylation is 1. The molecule has 2 aromatic rings. The summed E-state index contributed by atoms with van der Waals surface area (Å²) in [6.07, 6.45) is 1.15. The number of amides is 2. The fraction of sp³-hybridized carbons (Fsp3) is 0.278. The van der Waals surface area contributed by atoms with Crippen LogP contribution in [0.3, 0.4) is 0 Å². The topological polar surface area (TPSA) is 66.5 Å². The number of rotatable bonds is 5. The quantitative estimate of drug-likeness (QED) is 0.902. The standard InChI is InChI=1S/C18H22N2O3S/c1-4-20(13-15-8-6-5-7-9-15)18(21)19-17-12-16(24(3,22)23)11-10-14(17)2/h5-12H,4,13H2,1-3H3,(H,19,21). The SMILES string of the molecule is CCN(Cc1ccccc1)C(=O)Nc1cc(S(C)(=O)=O)ccc1C. The van der Waals surface area contributed by atoms with Gasteiger partial charge in [-0.2, -0.15) is 0 Å². The molecule has 0 saturated carbocycles. The van der Waals surface area contributed by atoms with Crippen molar-refractivity contribution in [3.63, 3.8) is 0 Å². The van der Waals surface area contributed by atoms with Crippen LogP contribution in [0.15, 0.2) is 53.4 Å². The number of hydrogen-bond acceptors (Lipinski definition) is 3. The van der Waals surface area contributed by atoms with Crippen LogP contribution in [0.5, 0.6) is 0 Å². The number of anilines is 1. The first-order valence-electron chi connectivity index (χ1n) is 7.72. The summed E-state index contributed by atoms with van der Waals surface area (Å²) < 4.78 is 23.4. The van der Waals surface area contributed by atoms with E-state index in [0.717, 1.165) is 17.4 Å². The van der Waals surface area contributed by atoms with Crippen molar-refractivity contribution in [3.8, 4) is 0 Å². The van der Waals surface area contributed by atoms with Crippen molar-refractivity contribution in [2.24, 2.45) is 0 Å². The molecule has 2 amide bonds. The highest BCUT2D eigenvalue weighted by Gasteiger charge is 2.15. The summed E-state index contributed by atoms with van der Waals surface area (Å²) in [6.45, 7) is 4.77. The van der Waals surface area contributed by atoms with Crippen LogP contribution in [0.1, 0.15) is 18.1 Å². The fourth-order valence-electron chi connectivity index (χ4n) is 2.29. The Kier molecular flexibility index (Phi) is 5.62. The monoisotopic (exact) mass is 346 g/mol. The first-order chi connectivity index (χ1) is 11.3. The van der Waals surface area contributed by atoms with Crippen LogP contribution < -0.4 is 5.32 Å². The Hall–Kier alpha value is -2.34. The number of carbonyl (C=O) groups is 1. The molecule has 6 heteroatoms. The van der Waals surface area contributed by atoms with Crippen molar-refractivity contribution in [1.82, 2.24) is 4.90 Å². The zero-order chi connectivity index (χ0) is 17.7. The van der Waals surface area contributed by atoms with Gasteiger partial charge < -0.3 is 10.2 Å². The Bertz CT molecular complexity index is 817. The van der Waals surface area contributed by atoms with E-state index in [1.807, 2.05) is 44.2 Å². The zero-order valence-electron chi connectivity index (χ0n) is 14.1. The van der Waals surface area contributed by atoms with Crippen molar-refractivity contribution in [2.45, 2.75) is 25.3 Å². The van der Waals surface area contributed by atoms with E-state index in [0.29, 0.717) is 18.8 Å². The molecule has 1 N–H and O–H groups in total. The van der Waals surface area contributed by atoms with Crippen LogP contribution in [0, 0.1) is 6.92 Å². The van der Waals surface area contributed by atoms with E-state index in [1.165, 1.54) is 6.07 Å². The smallest absolute Gasteiger partial charge is 0.320 e. The maximum atomic E-state index is 12.5. The summed E-state index contributed by atoms with van der Waals surface area (Å²) in [5.74, 6) is 0. The Morgan fingerprint density at radius 3 is 2.38 bits per heavy atom. The van der Waals surface area contributed by atoms with Gasteiger partial charge in [0.25, 0.3) is 0 Å². The highest BCUT2D eigenvalue weighted by Crippen LogP contribution is 2.21. The van der Waals surface area contributed by atoms with Crippen molar-refractivity contribution < 1.29 is 13.2 Å². The second kappa shape index (κ2) is 7.49. The van der Waals surface area contributed by atoms with Crippen LogP contribution >= 0.6 is 0 Å². The maximum Gasteiger partial charge on any atom is 0.322 e. The van der Waals surface area contributed by atoms with Gasteiger partial charge in [-0.25, -0.2) is 13.2 Å². The van der Waals surface area contributed by atoms with Crippen molar-refractivity contribution in [1.29, 1.82) is 0 Å². The Balaban J connectivity index is 2.18.